The van der Waals surface area contributed by atoms with Gasteiger partial charge in [0.1, 0.15) is 0 Å². The molecule has 1 aliphatic rings. The number of piperidine rings is 1. The second-order valence-electron chi connectivity index (χ2n) is 4.34. The van der Waals surface area contributed by atoms with Crippen molar-refractivity contribution in [3.05, 3.63) is 36.5 Å². The van der Waals surface area contributed by atoms with Gasteiger partial charge < -0.3 is 4.90 Å². The Kier molecular flexibility index (Phi) is 4.52. The molecule has 1 saturated heterocycles. The predicted molar refractivity (Wildman–Crippen MR) is 67.9 cm³/mol. The SMILES string of the molecule is C=C/C=C\C(=C/C)C1(C#N)CCN(C)CC1. The molecule has 1 heterocycles. The van der Waals surface area contributed by atoms with Crippen LogP contribution in [0.2, 0.25) is 0 Å². The van der Waals surface area contributed by atoms with E-state index in [1.807, 2.05) is 19.1 Å². The molecule has 0 saturated carbocycles. The van der Waals surface area contributed by atoms with Crippen molar-refractivity contribution in [2.75, 3.05) is 20.1 Å². The molecule has 86 valence electrons. The van der Waals surface area contributed by atoms with Crippen LogP contribution >= 0.6 is 0 Å². The normalized spacial score (nSPS) is 21.9. The lowest BCUT2D eigenvalue weighted by Gasteiger charge is -2.36. The van der Waals surface area contributed by atoms with Gasteiger partial charge >= 0.3 is 0 Å². The lowest BCUT2D eigenvalue weighted by Crippen LogP contribution is -2.38. The summed E-state index contributed by atoms with van der Waals surface area (Å²) in [5.74, 6) is 0. The van der Waals surface area contributed by atoms with Gasteiger partial charge in [0, 0.05) is 0 Å². The minimum Gasteiger partial charge on any atom is -0.306 e. The van der Waals surface area contributed by atoms with E-state index in [0.717, 1.165) is 31.5 Å². The number of hydrogen-bond donors (Lipinski definition) is 0. The molecule has 0 atom stereocenters. The van der Waals surface area contributed by atoms with Crippen LogP contribution in [0.15, 0.2) is 36.5 Å². The van der Waals surface area contributed by atoms with E-state index in [9.17, 15) is 5.26 Å². The summed E-state index contributed by atoms with van der Waals surface area (Å²) in [6, 6.07) is 2.52. The Morgan fingerprint density at radius 3 is 2.50 bits per heavy atom. The maximum Gasteiger partial charge on any atom is 0.0843 e. The van der Waals surface area contributed by atoms with Crippen LogP contribution < -0.4 is 0 Å². The van der Waals surface area contributed by atoms with Crippen LogP contribution in [0.3, 0.4) is 0 Å². The van der Waals surface area contributed by atoms with Gasteiger partial charge in [-0.25, -0.2) is 0 Å². The molecule has 0 aliphatic carbocycles. The lowest BCUT2D eigenvalue weighted by molar-refractivity contribution is 0.200. The van der Waals surface area contributed by atoms with Crippen molar-refractivity contribution >= 4 is 0 Å². The third kappa shape index (κ3) is 2.62. The smallest absolute Gasteiger partial charge is 0.0843 e. The van der Waals surface area contributed by atoms with Crippen LogP contribution in [-0.2, 0) is 0 Å². The first kappa shape index (κ1) is 12.7. The first-order chi connectivity index (χ1) is 7.68. The van der Waals surface area contributed by atoms with E-state index in [0.29, 0.717) is 0 Å². The summed E-state index contributed by atoms with van der Waals surface area (Å²) in [6.45, 7) is 7.65. The molecule has 1 aliphatic heterocycles. The number of rotatable bonds is 3. The first-order valence-corrected chi connectivity index (χ1v) is 5.74. The Labute approximate surface area is 98.6 Å². The van der Waals surface area contributed by atoms with Crippen molar-refractivity contribution in [3.8, 4) is 6.07 Å². The molecular weight excluding hydrogens is 196 g/mol. The number of likely N-dealkylation sites (tertiary alicyclic amines) is 1. The predicted octanol–water partition coefficient (Wildman–Crippen LogP) is 2.91. The van der Waals surface area contributed by atoms with E-state index in [1.165, 1.54) is 0 Å². The molecule has 2 nitrogen and oxygen atoms in total. The Hall–Kier alpha value is -1.33. The quantitative estimate of drug-likeness (QED) is 0.678. The van der Waals surface area contributed by atoms with Gasteiger partial charge in [-0.2, -0.15) is 5.26 Å². The summed E-state index contributed by atoms with van der Waals surface area (Å²) in [4.78, 5) is 2.28. The highest BCUT2D eigenvalue weighted by molar-refractivity contribution is 5.34. The zero-order chi connectivity index (χ0) is 12.0. The van der Waals surface area contributed by atoms with Crippen molar-refractivity contribution in [2.45, 2.75) is 19.8 Å². The minimum absolute atomic E-state index is 0.291. The third-order valence-corrected chi connectivity index (χ3v) is 3.33. The largest absolute Gasteiger partial charge is 0.306 e. The molecule has 0 bridgehead atoms. The Bertz CT molecular complexity index is 336. The molecule has 0 N–H and O–H groups in total. The van der Waals surface area contributed by atoms with Crippen molar-refractivity contribution in [3.63, 3.8) is 0 Å². The zero-order valence-corrected chi connectivity index (χ0v) is 10.2. The van der Waals surface area contributed by atoms with E-state index < -0.39 is 0 Å². The van der Waals surface area contributed by atoms with E-state index >= 15 is 0 Å². The maximum absolute atomic E-state index is 9.46. The van der Waals surface area contributed by atoms with Crippen LogP contribution in [0.4, 0.5) is 0 Å². The van der Waals surface area contributed by atoms with Gasteiger partial charge in [0.05, 0.1) is 11.5 Å². The molecule has 0 radical (unpaired) electrons. The lowest BCUT2D eigenvalue weighted by atomic mass is 9.73. The van der Waals surface area contributed by atoms with E-state index in [1.54, 1.807) is 6.08 Å². The van der Waals surface area contributed by atoms with Crippen molar-refractivity contribution in [1.29, 1.82) is 5.26 Å². The number of nitriles is 1. The fraction of sp³-hybridized carbons (Fsp3) is 0.500. The van der Waals surface area contributed by atoms with Crippen molar-refractivity contribution < 1.29 is 0 Å². The second kappa shape index (κ2) is 5.67. The molecule has 0 aromatic rings. The fourth-order valence-electron chi connectivity index (χ4n) is 2.17. The van der Waals surface area contributed by atoms with E-state index in [4.69, 9.17) is 0 Å². The van der Waals surface area contributed by atoms with Crippen molar-refractivity contribution in [2.24, 2.45) is 5.41 Å². The Morgan fingerprint density at radius 1 is 1.44 bits per heavy atom. The van der Waals surface area contributed by atoms with Gasteiger partial charge in [-0.05, 0) is 45.5 Å². The second-order valence-corrected chi connectivity index (χ2v) is 4.34. The monoisotopic (exact) mass is 216 g/mol. The minimum atomic E-state index is -0.291. The number of nitrogens with zero attached hydrogens (tertiary/aromatic N) is 2. The Morgan fingerprint density at radius 2 is 2.06 bits per heavy atom. The van der Waals surface area contributed by atoms with Gasteiger partial charge in [0.2, 0.25) is 0 Å². The van der Waals surface area contributed by atoms with Gasteiger partial charge in [-0.3, -0.25) is 0 Å². The number of hydrogen-bond acceptors (Lipinski definition) is 2. The molecule has 0 spiro atoms. The molecule has 0 aromatic carbocycles. The summed E-state index contributed by atoms with van der Waals surface area (Å²) < 4.78 is 0. The molecule has 1 rings (SSSR count). The molecule has 0 aromatic heterocycles. The summed E-state index contributed by atoms with van der Waals surface area (Å²) in [7, 11) is 2.11. The highest BCUT2D eigenvalue weighted by atomic mass is 15.1. The summed E-state index contributed by atoms with van der Waals surface area (Å²) in [5, 5.41) is 9.46. The van der Waals surface area contributed by atoms with Crippen LogP contribution in [0, 0.1) is 16.7 Å². The summed E-state index contributed by atoms with van der Waals surface area (Å²) in [5.41, 5.74) is 0.837. The van der Waals surface area contributed by atoms with Gasteiger partial charge in [-0.1, -0.05) is 30.9 Å². The summed E-state index contributed by atoms with van der Waals surface area (Å²) in [6.07, 6.45) is 9.56. The number of allylic oxidation sites excluding steroid dienone is 5. The third-order valence-electron chi connectivity index (χ3n) is 3.33. The molecule has 16 heavy (non-hydrogen) atoms. The zero-order valence-electron chi connectivity index (χ0n) is 10.2. The van der Waals surface area contributed by atoms with Gasteiger partial charge in [-0.15, -0.1) is 0 Å². The molecule has 2 heteroatoms. The average molecular weight is 216 g/mol. The van der Waals surface area contributed by atoms with Crippen LogP contribution in [-0.4, -0.2) is 25.0 Å². The highest BCUT2D eigenvalue weighted by Crippen LogP contribution is 2.38. The molecule has 0 amide bonds. The average Bonchev–Trinajstić information content (AvgIpc) is 2.32. The Balaban J connectivity index is 2.92. The van der Waals surface area contributed by atoms with Crippen LogP contribution in [0.5, 0.6) is 0 Å². The molecule has 0 unspecified atom stereocenters. The van der Waals surface area contributed by atoms with Crippen LogP contribution in [0.25, 0.3) is 0 Å². The summed E-state index contributed by atoms with van der Waals surface area (Å²) >= 11 is 0. The van der Waals surface area contributed by atoms with Gasteiger partial charge in [0.15, 0.2) is 0 Å². The van der Waals surface area contributed by atoms with Gasteiger partial charge in [0.25, 0.3) is 0 Å². The van der Waals surface area contributed by atoms with Crippen molar-refractivity contribution in [1.82, 2.24) is 4.90 Å². The van der Waals surface area contributed by atoms with E-state index in [-0.39, 0.29) is 5.41 Å². The standard InChI is InChI=1S/C14H20N2/c1-4-6-7-13(5-2)14(12-15)8-10-16(3)11-9-14/h4-7H,1,8-11H2,2-3H3/b7-6-,13-5+. The van der Waals surface area contributed by atoms with E-state index in [2.05, 4.69) is 30.7 Å². The molecule has 1 fully saturated rings. The maximum atomic E-state index is 9.46. The van der Waals surface area contributed by atoms with Crippen LogP contribution in [0.1, 0.15) is 19.8 Å². The highest BCUT2D eigenvalue weighted by Gasteiger charge is 2.35. The molecular formula is C14H20N2. The first-order valence-electron chi connectivity index (χ1n) is 5.74. The topological polar surface area (TPSA) is 27.0 Å². The fourth-order valence-corrected chi connectivity index (χ4v) is 2.17.